The van der Waals surface area contributed by atoms with Gasteiger partial charge >= 0.3 is 0 Å². The summed E-state index contributed by atoms with van der Waals surface area (Å²) in [4.78, 5) is 25.5. The molecule has 0 atom stereocenters. The highest BCUT2D eigenvalue weighted by atomic mass is 35.5. The standard InChI is InChI=1S/C19H17ClN2O2S/c20-13-7-5-12(6-8-13)16(23)9-10-18(24)22-19-15(11-21)14-3-1-2-4-17(14)25-19/h5-8H,1-4,9-10H2,(H,22,24). The van der Waals surface area contributed by atoms with Crippen molar-refractivity contribution < 1.29 is 9.59 Å². The monoisotopic (exact) mass is 372 g/mol. The number of fused-ring (bicyclic) bond motifs is 1. The Labute approximate surface area is 155 Å². The lowest BCUT2D eigenvalue weighted by molar-refractivity contribution is -0.116. The number of thiophene rings is 1. The van der Waals surface area contributed by atoms with E-state index < -0.39 is 0 Å². The van der Waals surface area contributed by atoms with Gasteiger partial charge in [-0.15, -0.1) is 11.3 Å². The van der Waals surface area contributed by atoms with Crippen LogP contribution in [0.5, 0.6) is 0 Å². The number of carbonyl (C=O) groups is 2. The third-order valence-corrected chi connectivity index (χ3v) is 5.74. The van der Waals surface area contributed by atoms with Gasteiger partial charge in [-0.2, -0.15) is 5.26 Å². The predicted octanol–water partition coefficient (Wildman–Crippen LogP) is 4.75. The summed E-state index contributed by atoms with van der Waals surface area (Å²) in [5.74, 6) is -0.338. The topological polar surface area (TPSA) is 70.0 Å². The minimum absolute atomic E-state index is 0.0922. The van der Waals surface area contributed by atoms with Crippen LogP contribution in [-0.2, 0) is 17.6 Å². The van der Waals surface area contributed by atoms with E-state index in [-0.39, 0.29) is 24.5 Å². The number of hydrogen-bond acceptors (Lipinski definition) is 4. The minimum atomic E-state index is -0.239. The van der Waals surface area contributed by atoms with Crippen molar-refractivity contribution >= 4 is 39.6 Å². The van der Waals surface area contributed by atoms with Crippen molar-refractivity contribution in [2.75, 3.05) is 5.32 Å². The second-order valence-electron chi connectivity index (χ2n) is 6.01. The molecule has 25 heavy (non-hydrogen) atoms. The van der Waals surface area contributed by atoms with Crippen molar-refractivity contribution in [2.45, 2.75) is 38.5 Å². The van der Waals surface area contributed by atoms with Gasteiger partial charge in [0.1, 0.15) is 11.1 Å². The number of nitrogens with one attached hydrogen (secondary N) is 1. The fourth-order valence-electron chi connectivity index (χ4n) is 2.97. The van der Waals surface area contributed by atoms with E-state index in [1.807, 2.05) is 0 Å². The second-order valence-corrected chi connectivity index (χ2v) is 7.55. The molecule has 0 spiro atoms. The molecular formula is C19H17ClN2O2S. The molecule has 0 fully saturated rings. The van der Waals surface area contributed by atoms with E-state index in [2.05, 4.69) is 11.4 Å². The van der Waals surface area contributed by atoms with Crippen LogP contribution in [0.3, 0.4) is 0 Å². The molecule has 1 heterocycles. The number of hydrogen-bond donors (Lipinski definition) is 1. The van der Waals surface area contributed by atoms with Crippen LogP contribution in [-0.4, -0.2) is 11.7 Å². The number of aryl methyl sites for hydroxylation is 1. The Morgan fingerprint density at radius 2 is 1.88 bits per heavy atom. The number of amides is 1. The van der Waals surface area contributed by atoms with Crippen LogP contribution in [0.1, 0.15) is 52.0 Å². The number of nitriles is 1. The molecule has 6 heteroatoms. The van der Waals surface area contributed by atoms with Gasteiger partial charge in [0.05, 0.1) is 5.56 Å². The first-order chi connectivity index (χ1) is 12.1. The highest BCUT2D eigenvalue weighted by Crippen LogP contribution is 2.37. The first kappa shape index (κ1) is 17.7. The minimum Gasteiger partial charge on any atom is -0.317 e. The van der Waals surface area contributed by atoms with E-state index >= 15 is 0 Å². The molecule has 0 radical (unpaired) electrons. The largest absolute Gasteiger partial charge is 0.317 e. The molecule has 3 rings (SSSR count). The molecule has 1 aliphatic carbocycles. The zero-order chi connectivity index (χ0) is 17.8. The zero-order valence-electron chi connectivity index (χ0n) is 13.6. The van der Waals surface area contributed by atoms with Crippen molar-refractivity contribution in [3.8, 4) is 6.07 Å². The van der Waals surface area contributed by atoms with Crippen LogP contribution in [0.2, 0.25) is 5.02 Å². The van der Waals surface area contributed by atoms with Crippen LogP contribution in [0.15, 0.2) is 24.3 Å². The number of halogens is 1. The van der Waals surface area contributed by atoms with E-state index in [4.69, 9.17) is 11.6 Å². The molecule has 0 unspecified atom stereocenters. The number of benzene rings is 1. The fraction of sp³-hybridized carbons (Fsp3) is 0.316. The Morgan fingerprint density at radius 3 is 2.60 bits per heavy atom. The number of rotatable bonds is 5. The van der Waals surface area contributed by atoms with Gasteiger partial charge in [0.25, 0.3) is 0 Å². The molecule has 1 amide bonds. The predicted molar refractivity (Wildman–Crippen MR) is 99.3 cm³/mol. The second kappa shape index (κ2) is 7.81. The fourth-order valence-corrected chi connectivity index (χ4v) is 4.35. The molecule has 2 aromatic rings. The van der Waals surface area contributed by atoms with Crippen LogP contribution >= 0.6 is 22.9 Å². The van der Waals surface area contributed by atoms with E-state index in [0.29, 0.717) is 21.2 Å². The summed E-state index contributed by atoms with van der Waals surface area (Å²) >= 11 is 7.30. The van der Waals surface area contributed by atoms with Gasteiger partial charge in [-0.25, -0.2) is 0 Å². The van der Waals surface area contributed by atoms with Gasteiger partial charge in [-0.3, -0.25) is 9.59 Å². The van der Waals surface area contributed by atoms with Crippen molar-refractivity contribution in [3.63, 3.8) is 0 Å². The quantitative estimate of drug-likeness (QED) is 0.769. The first-order valence-corrected chi connectivity index (χ1v) is 9.41. The lowest BCUT2D eigenvalue weighted by Gasteiger charge is -2.09. The van der Waals surface area contributed by atoms with Crippen molar-refractivity contribution in [1.29, 1.82) is 5.26 Å². The average Bonchev–Trinajstić information content (AvgIpc) is 2.97. The summed E-state index contributed by atoms with van der Waals surface area (Å²) in [6.45, 7) is 0. The third-order valence-electron chi connectivity index (χ3n) is 4.28. The summed E-state index contributed by atoms with van der Waals surface area (Å²) in [6.07, 6.45) is 4.30. The van der Waals surface area contributed by atoms with E-state index in [1.165, 1.54) is 16.2 Å². The Kier molecular flexibility index (Phi) is 5.52. The molecule has 1 aliphatic rings. The van der Waals surface area contributed by atoms with E-state index in [9.17, 15) is 14.9 Å². The summed E-state index contributed by atoms with van der Waals surface area (Å²) < 4.78 is 0. The average molecular weight is 373 g/mol. The van der Waals surface area contributed by atoms with Gasteiger partial charge in [-0.05, 0) is 55.5 Å². The molecule has 0 saturated carbocycles. The number of Topliss-reactive ketones (excluding diaryl/α,β-unsaturated/α-hetero) is 1. The Hall–Kier alpha value is -2.16. The van der Waals surface area contributed by atoms with Crippen LogP contribution < -0.4 is 5.32 Å². The molecule has 4 nitrogen and oxygen atoms in total. The Balaban J connectivity index is 1.61. The summed E-state index contributed by atoms with van der Waals surface area (Å²) in [5.41, 5.74) is 2.23. The SMILES string of the molecule is N#Cc1c(NC(=O)CCC(=O)c2ccc(Cl)cc2)sc2c1CCCC2. The molecule has 0 saturated heterocycles. The maximum absolute atomic E-state index is 12.2. The smallest absolute Gasteiger partial charge is 0.225 e. The highest BCUT2D eigenvalue weighted by Gasteiger charge is 2.22. The van der Waals surface area contributed by atoms with Crippen LogP contribution in [0.4, 0.5) is 5.00 Å². The van der Waals surface area contributed by atoms with Crippen LogP contribution in [0.25, 0.3) is 0 Å². The molecular weight excluding hydrogens is 356 g/mol. The third kappa shape index (κ3) is 4.09. The van der Waals surface area contributed by atoms with Gasteiger partial charge in [0, 0.05) is 28.3 Å². The van der Waals surface area contributed by atoms with Gasteiger partial charge in [0.15, 0.2) is 5.78 Å². The van der Waals surface area contributed by atoms with Crippen molar-refractivity contribution in [1.82, 2.24) is 0 Å². The van der Waals surface area contributed by atoms with E-state index in [1.54, 1.807) is 24.3 Å². The molecule has 128 valence electrons. The lowest BCUT2D eigenvalue weighted by atomic mass is 9.96. The molecule has 1 aromatic heterocycles. The van der Waals surface area contributed by atoms with Crippen molar-refractivity contribution in [2.24, 2.45) is 0 Å². The highest BCUT2D eigenvalue weighted by molar-refractivity contribution is 7.16. The number of nitrogens with zero attached hydrogens (tertiary/aromatic N) is 1. The number of ketones is 1. The maximum atomic E-state index is 12.2. The molecule has 0 aliphatic heterocycles. The normalized spacial score (nSPS) is 13.0. The zero-order valence-corrected chi connectivity index (χ0v) is 15.2. The molecule has 1 aromatic carbocycles. The lowest BCUT2D eigenvalue weighted by Crippen LogP contribution is -2.13. The Bertz CT molecular complexity index is 850. The molecule has 0 bridgehead atoms. The summed E-state index contributed by atoms with van der Waals surface area (Å²) in [6, 6.07) is 8.85. The number of carbonyl (C=O) groups excluding carboxylic acids is 2. The first-order valence-electron chi connectivity index (χ1n) is 8.21. The van der Waals surface area contributed by atoms with Gasteiger partial charge < -0.3 is 5.32 Å². The molecule has 1 N–H and O–H groups in total. The maximum Gasteiger partial charge on any atom is 0.225 e. The summed E-state index contributed by atoms with van der Waals surface area (Å²) in [7, 11) is 0. The Morgan fingerprint density at radius 1 is 1.16 bits per heavy atom. The van der Waals surface area contributed by atoms with Gasteiger partial charge in [0.2, 0.25) is 5.91 Å². The summed E-state index contributed by atoms with van der Waals surface area (Å²) in [5, 5.41) is 13.4. The van der Waals surface area contributed by atoms with Gasteiger partial charge in [-0.1, -0.05) is 11.6 Å². The van der Waals surface area contributed by atoms with Crippen molar-refractivity contribution in [3.05, 3.63) is 50.9 Å². The van der Waals surface area contributed by atoms with Crippen LogP contribution in [0, 0.1) is 11.3 Å². The number of anilines is 1. The van der Waals surface area contributed by atoms with E-state index in [0.717, 1.165) is 31.2 Å².